The molecule has 1 saturated heterocycles. The molecule has 1 aliphatic heterocycles. The number of rotatable bonds is 5. The molecule has 1 fully saturated rings. The van der Waals surface area contributed by atoms with Gasteiger partial charge in [-0.05, 0) is 6.42 Å². The van der Waals surface area contributed by atoms with Gasteiger partial charge in [0.2, 0.25) is 0 Å². The second-order valence-corrected chi connectivity index (χ2v) is 3.88. The third kappa shape index (κ3) is 3.33. The largest absolute Gasteiger partial charge is 0.377 e. The topological polar surface area (TPSA) is 18.5 Å². The average molecular weight is 190 g/mol. The van der Waals surface area contributed by atoms with Gasteiger partial charge in [0.05, 0.1) is 24.6 Å². The molecule has 0 amide bonds. The maximum absolute atomic E-state index is 5.62. The lowest BCUT2D eigenvalue weighted by Crippen LogP contribution is -2.23. The molecule has 0 saturated carbocycles. The fourth-order valence-electron chi connectivity index (χ4n) is 1.27. The smallest absolute Gasteiger partial charge is 0.0946 e. The van der Waals surface area contributed by atoms with E-state index in [0.29, 0.717) is 0 Å². The van der Waals surface area contributed by atoms with Crippen LogP contribution in [0.3, 0.4) is 0 Å². The van der Waals surface area contributed by atoms with Gasteiger partial charge >= 0.3 is 0 Å². The molecule has 0 bridgehead atoms. The van der Waals surface area contributed by atoms with Gasteiger partial charge in [-0.25, -0.2) is 0 Å². The van der Waals surface area contributed by atoms with E-state index in [-0.39, 0.29) is 11.4 Å². The maximum atomic E-state index is 5.62. The minimum absolute atomic E-state index is 0.227. The zero-order valence-corrected chi connectivity index (χ0v) is 8.56. The van der Waals surface area contributed by atoms with Crippen LogP contribution < -0.4 is 0 Å². The van der Waals surface area contributed by atoms with Crippen molar-refractivity contribution in [2.24, 2.45) is 0 Å². The SMILES string of the molecule is CCCCCOC1COCC1S. The molecule has 1 heterocycles. The number of thiol groups is 1. The predicted molar refractivity (Wildman–Crippen MR) is 52.9 cm³/mol. The molecule has 72 valence electrons. The summed E-state index contributed by atoms with van der Waals surface area (Å²) in [6.07, 6.45) is 3.89. The molecule has 0 aromatic carbocycles. The molecule has 1 rings (SSSR count). The Morgan fingerprint density at radius 1 is 1.42 bits per heavy atom. The summed E-state index contributed by atoms with van der Waals surface area (Å²) in [7, 11) is 0. The predicted octanol–water partition coefficient (Wildman–Crippen LogP) is 1.89. The average Bonchev–Trinajstić information content (AvgIpc) is 2.46. The molecule has 0 spiro atoms. The molecule has 0 aromatic heterocycles. The van der Waals surface area contributed by atoms with Crippen LogP contribution in [0, 0.1) is 0 Å². The molecular formula is C9H18O2S. The molecule has 2 atom stereocenters. The van der Waals surface area contributed by atoms with Crippen LogP contribution in [0.25, 0.3) is 0 Å². The second kappa shape index (κ2) is 5.84. The summed E-state index contributed by atoms with van der Waals surface area (Å²) in [6.45, 7) is 4.51. The first-order valence-corrected chi connectivity index (χ1v) is 5.23. The van der Waals surface area contributed by atoms with Crippen LogP contribution in [0.1, 0.15) is 26.2 Å². The molecule has 0 aliphatic carbocycles. The first-order valence-electron chi connectivity index (χ1n) is 4.72. The highest BCUT2D eigenvalue weighted by Gasteiger charge is 2.25. The van der Waals surface area contributed by atoms with Gasteiger partial charge in [-0.3, -0.25) is 0 Å². The van der Waals surface area contributed by atoms with Gasteiger partial charge in [0.15, 0.2) is 0 Å². The van der Waals surface area contributed by atoms with Crippen molar-refractivity contribution in [3.63, 3.8) is 0 Å². The van der Waals surface area contributed by atoms with Gasteiger partial charge in [-0.15, -0.1) is 0 Å². The minimum atomic E-state index is 0.227. The summed E-state index contributed by atoms with van der Waals surface area (Å²) < 4.78 is 10.8. The first-order chi connectivity index (χ1) is 5.84. The Bertz CT molecular complexity index is 119. The number of hydrogen-bond acceptors (Lipinski definition) is 3. The molecule has 1 aliphatic rings. The molecule has 2 unspecified atom stereocenters. The highest BCUT2D eigenvalue weighted by Crippen LogP contribution is 2.15. The van der Waals surface area contributed by atoms with E-state index in [9.17, 15) is 0 Å². The summed E-state index contributed by atoms with van der Waals surface area (Å²) in [6, 6.07) is 0. The van der Waals surface area contributed by atoms with Crippen molar-refractivity contribution >= 4 is 12.6 Å². The summed E-state index contributed by atoms with van der Waals surface area (Å²) in [5.41, 5.74) is 0. The van der Waals surface area contributed by atoms with E-state index in [1.54, 1.807) is 0 Å². The fourth-order valence-corrected chi connectivity index (χ4v) is 1.55. The second-order valence-electron chi connectivity index (χ2n) is 3.22. The standard InChI is InChI=1S/C9H18O2S/c1-2-3-4-5-11-8-6-10-7-9(8)12/h8-9,12H,2-7H2,1H3. The van der Waals surface area contributed by atoms with E-state index in [2.05, 4.69) is 19.6 Å². The summed E-state index contributed by atoms with van der Waals surface area (Å²) in [5.74, 6) is 0. The summed E-state index contributed by atoms with van der Waals surface area (Å²) in [4.78, 5) is 0. The number of ether oxygens (including phenoxy) is 2. The Labute approximate surface area is 80.0 Å². The molecule has 0 N–H and O–H groups in total. The third-order valence-electron chi connectivity index (χ3n) is 2.08. The zero-order valence-electron chi connectivity index (χ0n) is 7.66. The van der Waals surface area contributed by atoms with Gasteiger partial charge < -0.3 is 9.47 Å². The van der Waals surface area contributed by atoms with Crippen molar-refractivity contribution in [1.82, 2.24) is 0 Å². The summed E-state index contributed by atoms with van der Waals surface area (Å²) in [5, 5.41) is 0.284. The Morgan fingerprint density at radius 2 is 2.25 bits per heavy atom. The summed E-state index contributed by atoms with van der Waals surface area (Å²) >= 11 is 4.36. The first kappa shape index (κ1) is 10.4. The van der Waals surface area contributed by atoms with Crippen LogP contribution in [0.5, 0.6) is 0 Å². The number of hydrogen-bond donors (Lipinski definition) is 1. The molecule has 0 radical (unpaired) electrons. The van der Waals surface area contributed by atoms with Crippen LogP contribution in [0.2, 0.25) is 0 Å². The van der Waals surface area contributed by atoms with Crippen LogP contribution in [-0.4, -0.2) is 31.2 Å². The lowest BCUT2D eigenvalue weighted by molar-refractivity contribution is 0.0425. The highest BCUT2D eigenvalue weighted by molar-refractivity contribution is 7.81. The van der Waals surface area contributed by atoms with Crippen LogP contribution >= 0.6 is 12.6 Å². The van der Waals surface area contributed by atoms with Crippen LogP contribution in [-0.2, 0) is 9.47 Å². The molecule has 2 nitrogen and oxygen atoms in total. The van der Waals surface area contributed by atoms with Crippen molar-refractivity contribution < 1.29 is 9.47 Å². The normalized spacial score (nSPS) is 29.5. The molecule has 12 heavy (non-hydrogen) atoms. The van der Waals surface area contributed by atoms with Gasteiger partial charge in [0, 0.05) is 6.61 Å². The van der Waals surface area contributed by atoms with Gasteiger partial charge in [0.25, 0.3) is 0 Å². The molecule has 3 heteroatoms. The fraction of sp³-hybridized carbons (Fsp3) is 1.00. The van der Waals surface area contributed by atoms with Crippen molar-refractivity contribution in [3.8, 4) is 0 Å². The van der Waals surface area contributed by atoms with Gasteiger partial charge in [-0.2, -0.15) is 12.6 Å². The Balaban J connectivity index is 1.98. The van der Waals surface area contributed by atoms with E-state index >= 15 is 0 Å². The highest BCUT2D eigenvalue weighted by atomic mass is 32.1. The Kier molecular flexibility index (Phi) is 5.04. The van der Waals surface area contributed by atoms with E-state index in [4.69, 9.17) is 9.47 Å². The van der Waals surface area contributed by atoms with E-state index < -0.39 is 0 Å². The Morgan fingerprint density at radius 3 is 2.83 bits per heavy atom. The van der Waals surface area contributed by atoms with Gasteiger partial charge in [0.1, 0.15) is 0 Å². The third-order valence-corrected chi connectivity index (χ3v) is 2.56. The van der Waals surface area contributed by atoms with Gasteiger partial charge in [-0.1, -0.05) is 19.8 Å². The maximum Gasteiger partial charge on any atom is 0.0946 e. The molecule has 0 aromatic rings. The lowest BCUT2D eigenvalue weighted by atomic mass is 10.2. The molecular weight excluding hydrogens is 172 g/mol. The van der Waals surface area contributed by atoms with Crippen molar-refractivity contribution in [1.29, 1.82) is 0 Å². The van der Waals surface area contributed by atoms with Crippen molar-refractivity contribution in [3.05, 3.63) is 0 Å². The number of unbranched alkanes of at least 4 members (excludes halogenated alkanes) is 2. The van der Waals surface area contributed by atoms with Crippen molar-refractivity contribution in [2.45, 2.75) is 37.5 Å². The lowest BCUT2D eigenvalue weighted by Gasteiger charge is -2.13. The van der Waals surface area contributed by atoms with Crippen molar-refractivity contribution in [2.75, 3.05) is 19.8 Å². The monoisotopic (exact) mass is 190 g/mol. The van der Waals surface area contributed by atoms with Crippen LogP contribution in [0.15, 0.2) is 0 Å². The van der Waals surface area contributed by atoms with E-state index in [1.165, 1.54) is 12.8 Å². The van der Waals surface area contributed by atoms with E-state index in [1.807, 2.05) is 0 Å². The Hall–Kier alpha value is 0.270. The van der Waals surface area contributed by atoms with E-state index in [0.717, 1.165) is 26.2 Å². The van der Waals surface area contributed by atoms with Crippen LogP contribution in [0.4, 0.5) is 0 Å². The quantitative estimate of drug-likeness (QED) is 0.527. The minimum Gasteiger partial charge on any atom is -0.377 e. The zero-order chi connectivity index (χ0) is 8.81.